The van der Waals surface area contributed by atoms with Crippen molar-refractivity contribution in [1.82, 2.24) is 0 Å². The summed E-state index contributed by atoms with van der Waals surface area (Å²) in [6.45, 7) is 3.48. The lowest BCUT2D eigenvalue weighted by atomic mass is 10.4. The van der Waals surface area contributed by atoms with Crippen LogP contribution >= 0.6 is 34.8 Å². The summed E-state index contributed by atoms with van der Waals surface area (Å²) in [5.41, 5.74) is 0. The zero-order chi connectivity index (χ0) is 13.3. The van der Waals surface area contributed by atoms with Crippen LogP contribution in [0.5, 0.6) is 0 Å². The average molecular weight is 304 g/mol. The molecule has 0 unspecified atom stereocenters. The van der Waals surface area contributed by atoms with Crippen LogP contribution in [0.2, 0.25) is 0 Å². The second-order valence-corrected chi connectivity index (χ2v) is 3.82. The predicted octanol–water partition coefficient (Wildman–Crippen LogP) is 1.64. The summed E-state index contributed by atoms with van der Waals surface area (Å²) in [5, 5.41) is 22.5. The summed E-state index contributed by atoms with van der Waals surface area (Å²) in [7, 11) is 1.00. The number of hydrogen-bond donors (Lipinski definition) is 3. The number of carbonyl (C=O) groups is 1. The van der Waals surface area contributed by atoms with Gasteiger partial charge in [-0.05, 0) is 6.42 Å². The van der Waals surface area contributed by atoms with E-state index in [0.29, 0.717) is 6.61 Å². The van der Waals surface area contributed by atoms with Crippen LogP contribution in [-0.4, -0.2) is 44.8 Å². The Balaban J connectivity index is -0.0000000343. The van der Waals surface area contributed by atoms with E-state index >= 15 is 0 Å². The van der Waals surface area contributed by atoms with Crippen LogP contribution in [0, 0.1) is 0 Å². The molecule has 5 nitrogen and oxygen atoms in total. The fourth-order valence-electron chi connectivity index (χ4n) is 0.158. The van der Waals surface area contributed by atoms with Crippen LogP contribution < -0.4 is 0 Å². The van der Waals surface area contributed by atoms with E-state index in [4.69, 9.17) is 54.9 Å². The lowest BCUT2D eigenvalue weighted by Gasteiger charge is -1.79. The number of aliphatic hydroxyl groups excluding tert-OH is 2. The van der Waals surface area contributed by atoms with Gasteiger partial charge >= 0.3 is 0 Å². The van der Waals surface area contributed by atoms with Crippen molar-refractivity contribution in [3.8, 4) is 0 Å². The van der Waals surface area contributed by atoms with Gasteiger partial charge in [0, 0.05) is 20.6 Å². The van der Waals surface area contributed by atoms with Crippen LogP contribution in [0.4, 0.5) is 0 Å². The van der Waals surface area contributed by atoms with E-state index in [0.717, 1.165) is 26.9 Å². The zero-order valence-corrected chi connectivity index (χ0v) is 11.9. The van der Waals surface area contributed by atoms with Crippen LogP contribution in [-0.2, 0) is 4.79 Å². The molecule has 8 heteroatoms. The molecule has 0 saturated carbocycles. The molecule has 0 radical (unpaired) electrons. The van der Waals surface area contributed by atoms with Crippen molar-refractivity contribution in [2.24, 2.45) is 0 Å². The number of alkyl halides is 3. The highest BCUT2D eigenvalue weighted by Gasteiger charge is 1.78. The van der Waals surface area contributed by atoms with Crippen molar-refractivity contribution in [2.75, 3.05) is 13.7 Å². The molecular weight excluding hydrogens is 282 g/mol. The Morgan fingerprint density at radius 2 is 1.44 bits per heavy atom. The van der Waals surface area contributed by atoms with Gasteiger partial charge in [-0.1, -0.05) is 48.1 Å². The smallest absolute Gasteiger partial charge is 0.300 e. The fourth-order valence-corrected chi connectivity index (χ4v) is 0.158. The number of aliphatic hydroxyl groups is 2. The number of carboxylic acids is 1. The molecule has 0 fully saturated rings. The molecule has 0 bridgehead atoms. The summed E-state index contributed by atoms with van der Waals surface area (Å²) in [6.07, 6.45) is 2.04. The first-order valence-electron chi connectivity index (χ1n) is 4.05. The molecule has 0 atom stereocenters. The summed E-state index contributed by atoms with van der Waals surface area (Å²) >= 11 is 14.4. The van der Waals surface area contributed by atoms with Gasteiger partial charge < -0.3 is 20.8 Å². The second-order valence-electron chi connectivity index (χ2n) is 1.84. The van der Waals surface area contributed by atoms with Crippen molar-refractivity contribution in [2.45, 2.75) is 31.0 Å². The maximum absolute atomic E-state index is 9.00. The van der Waals surface area contributed by atoms with E-state index in [1.807, 2.05) is 0 Å². The Labute approximate surface area is 111 Å². The maximum Gasteiger partial charge on any atom is 0.300 e. The minimum Gasteiger partial charge on any atom is -0.481 e. The molecular formula is C8H21Cl3O5. The maximum atomic E-state index is 9.00. The van der Waals surface area contributed by atoms with Crippen LogP contribution in [0.1, 0.15) is 26.7 Å². The topological polar surface area (TPSA) is 109 Å². The quantitative estimate of drug-likeness (QED) is 0.674. The molecule has 0 heterocycles. The molecule has 0 aliphatic carbocycles. The van der Waals surface area contributed by atoms with Gasteiger partial charge in [0.1, 0.15) is 0 Å². The Kier molecular flexibility index (Phi) is 67.5. The van der Waals surface area contributed by atoms with Gasteiger partial charge in [-0.2, -0.15) is 0 Å². The van der Waals surface area contributed by atoms with Crippen molar-refractivity contribution in [3.05, 3.63) is 0 Å². The number of hydrogen-bond acceptors (Lipinski definition) is 3. The zero-order valence-electron chi connectivity index (χ0n) is 9.58. The highest BCUT2D eigenvalue weighted by Crippen LogP contribution is 2.03. The monoisotopic (exact) mass is 302 g/mol. The van der Waals surface area contributed by atoms with Crippen molar-refractivity contribution >= 4 is 40.8 Å². The van der Waals surface area contributed by atoms with E-state index in [1.165, 1.54) is 0 Å². The van der Waals surface area contributed by atoms with Crippen molar-refractivity contribution < 1.29 is 25.6 Å². The number of rotatable bonds is 2. The van der Waals surface area contributed by atoms with Crippen molar-refractivity contribution in [3.63, 3.8) is 0 Å². The third kappa shape index (κ3) is 504. The van der Waals surface area contributed by atoms with Gasteiger partial charge in [-0.25, -0.2) is 0 Å². The molecule has 104 valence electrons. The first-order chi connectivity index (χ1) is 6.88. The number of unbranched alkanes of at least 4 members (excludes halogenated alkanes) is 1. The molecule has 0 aliphatic heterocycles. The number of carboxylic acid groups (broad SMARTS) is 1. The third-order valence-electron chi connectivity index (χ3n) is 0.512. The Bertz CT molecular complexity index is 94.9. The lowest BCUT2D eigenvalue weighted by molar-refractivity contribution is -0.134. The Morgan fingerprint density at radius 3 is 1.44 bits per heavy atom. The third-order valence-corrected chi connectivity index (χ3v) is 0.512. The normalized spacial score (nSPS) is 6.81. The first kappa shape index (κ1) is 29.8. The van der Waals surface area contributed by atoms with Gasteiger partial charge in [-0.3, -0.25) is 4.79 Å². The van der Waals surface area contributed by atoms with E-state index < -0.39 is 10.3 Å². The standard InChI is InChI=1S/C4H10O.C2H4O2.CHCl3.CH4O.H2O/c1-2-3-4-5;1-2(3)4;2-1(3)4;1-2;/h5H,2-4H2,1H3;1H3,(H,3,4);1H;2H,1H3;1H2. The molecule has 0 aromatic carbocycles. The van der Waals surface area contributed by atoms with Gasteiger partial charge in [0.25, 0.3) is 5.97 Å². The molecule has 16 heavy (non-hydrogen) atoms. The largest absolute Gasteiger partial charge is 0.481 e. The highest BCUT2D eigenvalue weighted by molar-refractivity contribution is 6.63. The van der Waals surface area contributed by atoms with Gasteiger partial charge in [-0.15, -0.1) is 0 Å². The number of aliphatic carboxylic acids is 1. The van der Waals surface area contributed by atoms with Crippen molar-refractivity contribution in [1.29, 1.82) is 0 Å². The fraction of sp³-hybridized carbons (Fsp3) is 0.875. The molecule has 0 spiro atoms. The Morgan fingerprint density at radius 1 is 1.25 bits per heavy atom. The molecule has 0 amide bonds. The minimum absolute atomic E-state index is 0. The predicted molar refractivity (Wildman–Crippen MR) is 68.4 cm³/mol. The molecule has 0 rings (SSSR count). The summed E-state index contributed by atoms with van der Waals surface area (Å²) in [6, 6.07) is 0. The number of halogens is 3. The highest BCUT2D eigenvalue weighted by atomic mass is 35.6. The van der Waals surface area contributed by atoms with Gasteiger partial charge in [0.2, 0.25) is 0 Å². The van der Waals surface area contributed by atoms with E-state index in [1.54, 1.807) is 0 Å². The summed E-state index contributed by atoms with van der Waals surface area (Å²) in [5.74, 6) is -0.833. The average Bonchev–Trinajstić information content (AvgIpc) is 2.07. The second kappa shape index (κ2) is 36.2. The first-order valence-corrected chi connectivity index (χ1v) is 5.36. The van der Waals surface area contributed by atoms with Crippen LogP contribution in [0.25, 0.3) is 0 Å². The van der Waals surface area contributed by atoms with E-state index in [9.17, 15) is 0 Å². The van der Waals surface area contributed by atoms with Crippen LogP contribution in [0.15, 0.2) is 0 Å². The van der Waals surface area contributed by atoms with E-state index in [2.05, 4.69) is 6.92 Å². The minimum atomic E-state index is -0.833. The van der Waals surface area contributed by atoms with Gasteiger partial charge in [0.15, 0.2) is 4.30 Å². The molecule has 5 N–H and O–H groups in total. The molecule has 0 saturated heterocycles. The van der Waals surface area contributed by atoms with Crippen LogP contribution in [0.3, 0.4) is 0 Å². The summed E-state index contributed by atoms with van der Waals surface area (Å²) in [4.78, 5) is 9.00. The van der Waals surface area contributed by atoms with E-state index in [-0.39, 0.29) is 5.48 Å². The SMILES string of the molecule is CC(=O)O.CCCCO.CO.ClC(Cl)Cl.O. The summed E-state index contributed by atoms with van der Waals surface area (Å²) < 4.78 is -0.750. The molecule has 0 aromatic heterocycles. The Hall–Kier alpha value is 0.220. The van der Waals surface area contributed by atoms with Gasteiger partial charge in [0.05, 0.1) is 0 Å². The lowest BCUT2D eigenvalue weighted by Crippen LogP contribution is -1.78. The molecule has 0 aliphatic rings. The molecule has 0 aromatic rings.